The number of aliphatic hydroxyl groups is 1. The summed E-state index contributed by atoms with van der Waals surface area (Å²) in [4.78, 5) is 11.1. The van der Waals surface area contributed by atoms with Crippen molar-refractivity contribution in [3.63, 3.8) is 0 Å². The van der Waals surface area contributed by atoms with Crippen LogP contribution in [0.5, 0.6) is 0 Å². The maximum absolute atomic E-state index is 9.46. The quantitative estimate of drug-likeness (QED) is 0.805. The third kappa shape index (κ3) is 2.94. The van der Waals surface area contributed by atoms with Crippen molar-refractivity contribution in [1.29, 1.82) is 0 Å². The Morgan fingerprint density at radius 3 is 2.29 bits per heavy atom. The van der Waals surface area contributed by atoms with Crippen LogP contribution < -0.4 is 4.90 Å². The van der Waals surface area contributed by atoms with Gasteiger partial charge in [-0.25, -0.2) is 4.98 Å². The van der Waals surface area contributed by atoms with Gasteiger partial charge in [0.2, 0.25) is 0 Å². The van der Waals surface area contributed by atoms with E-state index in [0.29, 0.717) is 0 Å². The van der Waals surface area contributed by atoms with Gasteiger partial charge < -0.3 is 10.0 Å². The van der Waals surface area contributed by atoms with Gasteiger partial charge >= 0.3 is 0 Å². The Balaban J connectivity index is 2.08. The summed E-state index contributed by atoms with van der Waals surface area (Å²) >= 11 is 0. The maximum atomic E-state index is 9.46. The molecule has 0 radical (unpaired) electrons. The first kappa shape index (κ1) is 12.3. The van der Waals surface area contributed by atoms with E-state index < -0.39 is 0 Å². The largest absolute Gasteiger partial charge is 0.393 e. The normalized spacial score (nSPS) is 18.5. The number of anilines is 1. The van der Waals surface area contributed by atoms with Crippen molar-refractivity contribution >= 4 is 5.82 Å². The smallest absolute Gasteiger partial charge is 0.147 e. The molecule has 0 atom stereocenters. The fraction of sp³-hybridized carbons (Fsp3) is 0.692. The summed E-state index contributed by atoms with van der Waals surface area (Å²) in [5.41, 5.74) is 1.06. The fourth-order valence-electron chi connectivity index (χ4n) is 1.97. The fourth-order valence-corrected chi connectivity index (χ4v) is 1.97. The Bertz CT molecular complexity index is 361. The predicted molar refractivity (Wildman–Crippen MR) is 68.2 cm³/mol. The van der Waals surface area contributed by atoms with Crippen molar-refractivity contribution < 1.29 is 5.11 Å². The second-order valence-electron chi connectivity index (χ2n) is 5.73. The Hall–Kier alpha value is -1.16. The van der Waals surface area contributed by atoms with Crippen LogP contribution in [-0.4, -0.2) is 34.3 Å². The van der Waals surface area contributed by atoms with Crippen LogP contribution in [0.15, 0.2) is 12.4 Å². The van der Waals surface area contributed by atoms with Crippen LogP contribution in [0, 0.1) is 0 Å². The molecule has 0 saturated carbocycles. The van der Waals surface area contributed by atoms with Crippen LogP contribution in [0.2, 0.25) is 0 Å². The molecule has 0 unspecified atom stereocenters. The van der Waals surface area contributed by atoms with Crippen molar-refractivity contribution in [2.45, 2.75) is 45.1 Å². The van der Waals surface area contributed by atoms with Gasteiger partial charge in [-0.15, -0.1) is 0 Å². The minimum Gasteiger partial charge on any atom is -0.393 e. The number of hydrogen-bond acceptors (Lipinski definition) is 4. The van der Waals surface area contributed by atoms with E-state index in [9.17, 15) is 5.11 Å². The maximum Gasteiger partial charge on any atom is 0.147 e. The third-order valence-corrected chi connectivity index (χ3v) is 3.20. The van der Waals surface area contributed by atoms with Crippen LogP contribution in [0.3, 0.4) is 0 Å². The van der Waals surface area contributed by atoms with Crippen molar-refractivity contribution in [1.82, 2.24) is 9.97 Å². The molecule has 1 aliphatic rings. The number of aliphatic hydroxyl groups excluding tert-OH is 1. The third-order valence-electron chi connectivity index (χ3n) is 3.20. The lowest BCUT2D eigenvalue weighted by molar-refractivity contribution is 0.145. The van der Waals surface area contributed by atoms with Gasteiger partial charge in [0.05, 0.1) is 24.2 Å². The molecule has 0 aliphatic carbocycles. The van der Waals surface area contributed by atoms with Gasteiger partial charge in [0, 0.05) is 18.5 Å². The standard InChI is InChI=1S/C13H21N3O/c1-13(2,3)11-8-15-12(9-14-11)16-6-4-10(17)5-7-16/h8-10,17H,4-7H2,1-3H3. The minimum atomic E-state index is -0.145. The molecule has 0 amide bonds. The molecule has 1 saturated heterocycles. The average Bonchev–Trinajstić information content (AvgIpc) is 2.29. The second kappa shape index (κ2) is 4.61. The average molecular weight is 235 g/mol. The Morgan fingerprint density at radius 1 is 1.18 bits per heavy atom. The summed E-state index contributed by atoms with van der Waals surface area (Å²) in [5.74, 6) is 0.921. The van der Waals surface area contributed by atoms with E-state index >= 15 is 0 Å². The molecule has 1 aliphatic heterocycles. The van der Waals surface area contributed by atoms with E-state index in [1.54, 1.807) is 0 Å². The van der Waals surface area contributed by atoms with Crippen molar-refractivity contribution in [2.75, 3.05) is 18.0 Å². The number of nitrogens with zero attached hydrogens (tertiary/aromatic N) is 3. The Kier molecular flexibility index (Phi) is 3.33. The van der Waals surface area contributed by atoms with E-state index in [-0.39, 0.29) is 11.5 Å². The first-order chi connectivity index (χ1) is 7.97. The van der Waals surface area contributed by atoms with Crippen molar-refractivity contribution in [3.05, 3.63) is 18.1 Å². The zero-order valence-electron chi connectivity index (χ0n) is 10.8. The second-order valence-corrected chi connectivity index (χ2v) is 5.73. The molecular weight excluding hydrogens is 214 g/mol. The van der Waals surface area contributed by atoms with Crippen LogP contribution in [0.25, 0.3) is 0 Å². The summed E-state index contributed by atoms with van der Waals surface area (Å²) in [6.45, 7) is 8.13. The number of hydrogen-bond donors (Lipinski definition) is 1. The van der Waals surface area contributed by atoms with E-state index in [1.165, 1.54) is 0 Å². The van der Waals surface area contributed by atoms with Gasteiger partial charge in [-0.3, -0.25) is 4.98 Å². The van der Waals surface area contributed by atoms with Gasteiger partial charge in [-0.05, 0) is 12.8 Å². The van der Waals surface area contributed by atoms with Crippen LogP contribution in [0.1, 0.15) is 39.3 Å². The predicted octanol–water partition coefficient (Wildman–Crippen LogP) is 1.74. The van der Waals surface area contributed by atoms with Crippen LogP contribution in [-0.2, 0) is 5.41 Å². The zero-order chi connectivity index (χ0) is 12.5. The highest BCUT2D eigenvalue weighted by Crippen LogP contribution is 2.21. The Labute approximate surface area is 103 Å². The SMILES string of the molecule is CC(C)(C)c1cnc(N2CCC(O)CC2)cn1. The molecule has 0 spiro atoms. The summed E-state index contributed by atoms with van der Waals surface area (Å²) in [6.07, 6.45) is 5.21. The summed E-state index contributed by atoms with van der Waals surface area (Å²) in [5, 5.41) is 9.46. The number of piperidine rings is 1. The van der Waals surface area contributed by atoms with Crippen LogP contribution in [0.4, 0.5) is 5.82 Å². The molecule has 0 aromatic carbocycles. The van der Waals surface area contributed by atoms with Gasteiger partial charge in [-0.2, -0.15) is 0 Å². The van der Waals surface area contributed by atoms with E-state index in [1.807, 2.05) is 12.4 Å². The highest BCUT2D eigenvalue weighted by molar-refractivity contribution is 5.36. The molecule has 0 bridgehead atoms. The topological polar surface area (TPSA) is 49.2 Å². The number of rotatable bonds is 1. The molecule has 4 nitrogen and oxygen atoms in total. The van der Waals surface area contributed by atoms with E-state index in [4.69, 9.17) is 0 Å². The van der Waals surface area contributed by atoms with E-state index in [2.05, 4.69) is 35.6 Å². The summed E-state index contributed by atoms with van der Waals surface area (Å²) in [6, 6.07) is 0. The molecule has 17 heavy (non-hydrogen) atoms. The molecule has 1 fully saturated rings. The number of aromatic nitrogens is 2. The van der Waals surface area contributed by atoms with Crippen molar-refractivity contribution in [3.8, 4) is 0 Å². The molecule has 1 aromatic rings. The summed E-state index contributed by atoms with van der Waals surface area (Å²) < 4.78 is 0. The van der Waals surface area contributed by atoms with Gasteiger partial charge in [0.1, 0.15) is 5.82 Å². The molecule has 94 valence electrons. The molecule has 1 N–H and O–H groups in total. The minimum absolute atomic E-state index is 0.0453. The molecular formula is C13H21N3O. The lowest BCUT2D eigenvalue weighted by Crippen LogP contribution is -2.36. The van der Waals surface area contributed by atoms with Crippen LogP contribution >= 0.6 is 0 Å². The van der Waals surface area contributed by atoms with Gasteiger partial charge in [0.15, 0.2) is 0 Å². The first-order valence-corrected chi connectivity index (χ1v) is 6.22. The van der Waals surface area contributed by atoms with Crippen molar-refractivity contribution in [2.24, 2.45) is 0 Å². The first-order valence-electron chi connectivity index (χ1n) is 6.22. The highest BCUT2D eigenvalue weighted by Gasteiger charge is 2.20. The monoisotopic (exact) mass is 235 g/mol. The summed E-state index contributed by atoms with van der Waals surface area (Å²) in [7, 11) is 0. The van der Waals surface area contributed by atoms with Gasteiger partial charge in [-0.1, -0.05) is 20.8 Å². The lowest BCUT2D eigenvalue weighted by Gasteiger charge is -2.30. The highest BCUT2D eigenvalue weighted by atomic mass is 16.3. The zero-order valence-corrected chi connectivity index (χ0v) is 10.8. The van der Waals surface area contributed by atoms with E-state index in [0.717, 1.165) is 37.4 Å². The molecule has 1 aromatic heterocycles. The molecule has 4 heteroatoms. The van der Waals surface area contributed by atoms with Gasteiger partial charge in [0.25, 0.3) is 0 Å². The molecule has 2 rings (SSSR count). The molecule has 2 heterocycles. The Morgan fingerprint density at radius 2 is 1.82 bits per heavy atom. The lowest BCUT2D eigenvalue weighted by atomic mass is 9.93.